The van der Waals surface area contributed by atoms with E-state index in [-0.39, 0.29) is 6.10 Å². The van der Waals surface area contributed by atoms with Crippen LogP contribution in [0.15, 0.2) is 24.3 Å². The molecule has 0 heterocycles. The summed E-state index contributed by atoms with van der Waals surface area (Å²) < 4.78 is 0. The highest BCUT2D eigenvalue weighted by molar-refractivity contribution is 5.22. The van der Waals surface area contributed by atoms with E-state index in [2.05, 4.69) is 49.9 Å². The van der Waals surface area contributed by atoms with Crippen molar-refractivity contribution in [1.29, 1.82) is 0 Å². The van der Waals surface area contributed by atoms with Crippen molar-refractivity contribution in [2.24, 2.45) is 0 Å². The summed E-state index contributed by atoms with van der Waals surface area (Å²) >= 11 is 0. The van der Waals surface area contributed by atoms with Gasteiger partial charge in [0.25, 0.3) is 0 Å². The Hall–Kier alpha value is -0.860. The lowest BCUT2D eigenvalue weighted by atomic mass is 10.0. The van der Waals surface area contributed by atoms with Gasteiger partial charge < -0.3 is 10.0 Å². The number of hydrogen-bond acceptors (Lipinski definition) is 2. The largest absolute Gasteiger partial charge is 0.393 e. The second-order valence-corrected chi connectivity index (χ2v) is 4.84. The van der Waals surface area contributed by atoms with Crippen LogP contribution in [0.25, 0.3) is 0 Å². The van der Waals surface area contributed by atoms with Gasteiger partial charge in [0.05, 0.1) is 6.10 Å². The van der Waals surface area contributed by atoms with E-state index in [1.165, 1.54) is 11.1 Å². The molecule has 2 nitrogen and oxygen atoms in total. The van der Waals surface area contributed by atoms with Crippen LogP contribution in [0.2, 0.25) is 0 Å². The molecule has 1 atom stereocenters. The zero-order valence-electron chi connectivity index (χ0n) is 12.0. The second-order valence-electron chi connectivity index (χ2n) is 4.84. The van der Waals surface area contributed by atoms with Crippen molar-refractivity contribution in [2.75, 3.05) is 19.6 Å². The van der Waals surface area contributed by atoms with Gasteiger partial charge in [0.2, 0.25) is 0 Å². The van der Waals surface area contributed by atoms with E-state index in [1.807, 2.05) is 0 Å². The number of benzene rings is 1. The van der Waals surface area contributed by atoms with Crippen molar-refractivity contribution in [3.8, 4) is 0 Å². The van der Waals surface area contributed by atoms with Crippen LogP contribution in [0, 0.1) is 0 Å². The molecule has 1 rings (SSSR count). The molecule has 0 radical (unpaired) electrons. The summed E-state index contributed by atoms with van der Waals surface area (Å²) in [7, 11) is 0. The van der Waals surface area contributed by atoms with Crippen LogP contribution >= 0.6 is 0 Å². The summed E-state index contributed by atoms with van der Waals surface area (Å²) in [4.78, 5) is 2.35. The average Bonchev–Trinajstić information content (AvgIpc) is 2.41. The van der Waals surface area contributed by atoms with Gasteiger partial charge in [0.15, 0.2) is 0 Å². The molecule has 0 saturated heterocycles. The summed E-state index contributed by atoms with van der Waals surface area (Å²) in [6.07, 6.45) is 2.48. The molecular formula is C16H27NO. The first-order valence-electron chi connectivity index (χ1n) is 7.17. The molecule has 0 aliphatic rings. The average molecular weight is 249 g/mol. The molecule has 0 spiro atoms. The lowest BCUT2D eigenvalue weighted by Crippen LogP contribution is -2.27. The van der Waals surface area contributed by atoms with Crippen molar-refractivity contribution in [3.05, 3.63) is 35.4 Å². The van der Waals surface area contributed by atoms with Crippen LogP contribution in [0.5, 0.6) is 0 Å². The topological polar surface area (TPSA) is 23.5 Å². The molecule has 0 saturated carbocycles. The Bertz CT molecular complexity index is 316. The lowest BCUT2D eigenvalue weighted by molar-refractivity contribution is 0.143. The molecule has 0 aliphatic carbocycles. The van der Waals surface area contributed by atoms with Crippen molar-refractivity contribution in [1.82, 2.24) is 4.90 Å². The molecule has 0 bridgehead atoms. The fraction of sp³-hybridized carbons (Fsp3) is 0.625. The van der Waals surface area contributed by atoms with Crippen molar-refractivity contribution in [2.45, 2.75) is 46.1 Å². The summed E-state index contributed by atoms with van der Waals surface area (Å²) in [6.45, 7) is 9.61. The van der Waals surface area contributed by atoms with Crippen LogP contribution in [0.4, 0.5) is 0 Å². The number of aliphatic hydroxyl groups excluding tert-OH is 1. The molecule has 18 heavy (non-hydrogen) atoms. The normalized spacial score (nSPS) is 12.9. The van der Waals surface area contributed by atoms with Crippen LogP contribution in [-0.2, 0) is 12.8 Å². The third-order valence-corrected chi connectivity index (χ3v) is 3.58. The van der Waals surface area contributed by atoms with E-state index < -0.39 is 0 Å². The smallest absolute Gasteiger partial charge is 0.0592 e. The summed E-state index contributed by atoms with van der Waals surface area (Å²) in [5, 5.41) is 10.0. The van der Waals surface area contributed by atoms with E-state index in [0.717, 1.165) is 38.9 Å². The van der Waals surface area contributed by atoms with Crippen molar-refractivity contribution < 1.29 is 5.11 Å². The van der Waals surface area contributed by atoms with Crippen molar-refractivity contribution >= 4 is 0 Å². The van der Waals surface area contributed by atoms with Gasteiger partial charge in [-0.2, -0.15) is 0 Å². The minimum Gasteiger partial charge on any atom is -0.393 e. The van der Waals surface area contributed by atoms with Gasteiger partial charge in [-0.15, -0.1) is 0 Å². The van der Waals surface area contributed by atoms with E-state index in [0.29, 0.717) is 0 Å². The van der Waals surface area contributed by atoms with E-state index in [1.54, 1.807) is 0 Å². The molecule has 0 fully saturated rings. The number of aryl methyl sites for hydroxylation is 1. The van der Waals surface area contributed by atoms with Crippen LogP contribution in [-0.4, -0.2) is 35.7 Å². The van der Waals surface area contributed by atoms with E-state index >= 15 is 0 Å². The fourth-order valence-electron chi connectivity index (χ4n) is 2.16. The Morgan fingerprint density at radius 2 is 1.56 bits per heavy atom. The standard InChI is InChI=1S/C16H27NO/c1-4-14-7-9-15(10-8-14)13-16(18)11-12-17(5-2)6-3/h7-10,16,18H,4-6,11-13H2,1-3H3. The van der Waals surface area contributed by atoms with Crippen LogP contribution < -0.4 is 0 Å². The summed E-state index contributed by atoms with van der Waals surface area (Å²) in [5.41, 5.74) is 2.59. The number of aliphatic hydroxyl groups is 1. The molecule has 1 unspecified atom stereocenters. The van der Waals surface area contributed by atoms with Crippen LogP contribution in [0.1, 0.15) is 38.3 Å². The first kappa shape index (κ1) is 15.2. The third-order valence-electron chi connectivity index (χ3n) is 3.58. The molecule has 0 aliphatic heterocycles. The lowest BCUT2D eigenvalue weighted by Gasteiger charge is -2.20. The third kappa shape index (κ3) is 5.19. The molecule has 0 amide bonds. The summed E-state index contributed by atoms with van der Waals surface area (Å²) in [5.74, 6) is 0. The quantitative estimate of drug-likeness (QED) is 0.766. The minimum absolute atomic E-state index is 0.224. The summed E-state index contributed by atoms with van der Waals surface area (Å²) in [6, 6.07) is 8.60. The van der Waals surface area contributed by atoms with Gasteiger partial charge >= 0.3 is 0 Å². The number of rotatable bonds is 8. The fourth-order valence-corrected chi connectivity index (χ4v) is 2.16. The maximum atomic E-state index is 10.0. The van der Waals surface area contributed by atoms with Gasteiger partial charge in [-0.25, -0.2) is 0 Å². The first-order valence-corrected chi connectivity index (χ1v) is 7.17. The van der Waals surface area contributed by atoms with E-state index in [9.17, 15) is 5.11 Å². The zero-order chi connectivity index (χ0) is 13.4. The second kappa shape index (κ2) is 8.28. The van der Waals surface area contributed by atoms with Gasteiger partial charge in [0, 0.05) is 6.54 Å². The van der Waals surface area contributed by atoms with Gasteiger partial charge in [0.1, 0.15) is 0 Å². The van der Waals surface area contributed by atoms with Gasteiger partial charge in [-0.1, -0.05) is 45.0 Å². The molecule has 2 heteroatoms. The maximum Gasteiger partial charge on any atom is 0.0592 e. The molecular weight excluding hydrogens is 222 g/mol. The zero-order valence-corrected chi connectivity index (χ0v) is 12.0. The molecule has 0 aromatic heterocycles. The minimum atomic E-state index is -0.224. The predicted molar refractivity (Wildman–Crippen MR) is 77.9 cm³/mol. The highest BCUT2D eigenvalue weighted by Crippen LogP contribution is 2.09. The van der Waals surface area contributed by atoms with Crippen LogP contribution in [0.3, 0.4) is 0 Å². The van der Waals surface area contributed by atoms with Gasteiger partial charge in [-0.3, -0.25) is 0 Å². The number of nitrogens with zero attached hydrogens (tertiary/aromatic N) is 1. The number of hydrogen-bond donors (Lipinski definition) is 1. The Morgan fingerprint density at radius 3 is 2.06 bits per heavy atom. The Morgan fingerprint density at radius 1 is 1.00 bits per heavy atom. The highest BCUT2D eigenvalue weighted by Gasteiger charge is 2.08. The Kier molecular flexibility index (Phi) is 6.99. The highest BCUT2D eigenvalue weighted by atomic mass is 16.3. The Balaban J connectivity index is 2.36. The first-order chi connectivity index (χ1) is 8.69. The maximum absolute atomic E-state index is 10.0. The molecule has 102 valence electrons. The monoisotopic (exact) mass is 249 g/mol. The molecule has 1 aromatic carbocycles. The van der Waals surface area contributed by atoms with Crippen molar-refractivity contribution in [3.63, 3.8) is 0 Å². The molecule has 1 N–H and O–H groups in total. The van der Waals surface area contributed by atoms with Gasteiger partial charge in [-0.05, 0) is 43.5 Å². The van der Waals surface area contributed by atoms with E-state index in [4.69, 9.17) is 0 Å². The Labute approximate surface area is 112 Å². The molecule has 1 aromatic rings. The SMILES string of the molecule is CCc1ccc(CC(O)CCN(CC)CC)cc1. The predicted octanol–water partition coefficient (Wildman–Crippen LogP) is 2.88.